The van der Waals surface area contributed by atoms with Crippen LogP contribution in [0, 0.1) is 6.42 Å². The highest BCUT2D eigenvalue weighted by molar-refractivity contribution is 5.81. The molecule has 0 bridgehead atoms. The number of hydrogen-bond donors (Lipinski definition) is 1. The Hall–Kier alpha value is -0.570. The van der Waals surface area contributed by atoms with Crippen LogP contribution in [0.4, 0.5) is 0 Å². The lowest BCUT2D eigenvalue weighted by Gasteiger charge is -2.20. The molecule has 0 saturated carbocycles. The molecule has 1 atom stereocenters. The zero-order valence-corrected chi connectivity index (χ0v) is 6.92. The average Bonchev–Trinajstić information content (AvgIpc) is 2.36. The van der Waals surface area contributed by atoms with Gasteiger partial charge in [-0.25, -0.2) is 0 Å². The summed E-state index contributed by atoms with van der Waals surface area (Å²) in [4.78, 5) is 13.0. The third-order valence-electron chi connectivity index (χ3n) is 2.00. The van der Waals surface area contributed by atoms with Gasteiger partial charge >= 0.3 is 0 Å². The monoisotopic (exact) mass is 155 g/mol. The highest BCUT2D eigenvalue weighted by atomic mass is 16.1. The molecule has 2 N–H and O–H groups in total. The first kappa shape index (κ1) is 8.53. The summed E-state index contributed by atoms with van der Waals surface area (Å²) in [6, 6.07) is -0.102. The summed E-state index contributed by atoms with van der Waals surface area (Å²) in [6.07, 6.45) is 4.07. The fraction of sp³-hybridized carbons (Fsp3) is 0.750. The summed E-state index contributed by atoms with van der Waals surface area (Å²) in [5.41, 5.74) is 5.21. The number of hydrogen-bond acceptors (Lipinski definition) is 2. The van der Waals surface area contributed by atoms with Crippen molar-refractivity contribution in [2.45, 2.75) is 25.8 Å². The van der Waals surface area contributed by atoms with E-state index >= 15 is 0 Å². The molecular weight excluding hydrogens is 140 g/mol. The minimum atomic E-state index is -0.212. The van der Waals surface area contributed by atoms with Crippen molar-refractivity contribution < 1.29 is 4.79 Å². The Bertz CT molecular complexity index is 147. The Morgan fingerprint density at radius 2 is 2.55 bits per heavy atom. The maximum atomic E-state index is 10.8. The van der Waals surface area contributed by atoms with Crippen LogP contribution in [0.3, 0.4) is 0 Å². The molecule has 1 rings (SSSR count). The van der Waals surface area contributed by atoms with Crippen LogP contribution >= 0.6 is 0 Å². The molecule has 3 heteroatoms. The zero-order valence-electron chi connectivity index (χ0n) is 6.92. The van der Waals surface area contributed by atoms with E-state index in [1.807, 2.05) is 6.42 Å². The van der Waals surface area contributed by atoms with Crippen LogP contribution in [-0.4, -0.2) is 29.9 Å². The van der Waals surface area contributed by atoms with Gasteiger partial charge in [-0.15, -0.1) is 0 Å². The summed E-state index contributed by atoms with van der Waals surface area (Å²) in [6.45, 7) is 4.07. The first-order chi connectivity index (χ1) is 5.25. The molecule has 3 nitrogen and oxygen atoms in total. The number of rotatable bonds is 3. The minimum absolute atomic E-state index is 0.102. The lowest BCUT2D eigenvalue weighted by Crippen LogP contribution is -2.40. The third-order valence-corrected chi connectivity index (χ3v) is 2.00. The summed E-state index contributed by atoms with van der Waals surface area (Å²) in [7, 11) is 0. The topological polar surface area (TPSA) is 46.3 Å². The molecule has 0 aromatic heterocycles. The number of carbonyl (C=O) groups is 1. The number of nitrogens with zero attached hydrogens (tertiary/aromatic N) is 1. The van der Waals surface area contributed by atoms with E-state index in [9.17, 15) is 4.79 Å². The molecule has 0 unspecified atom stereocenters. The van der Waals surface area contributed by atoms with Gasteiger partial charge < -0.3 is 5.73 Å². The molecule has 1 amide bonds. The van der Waals surface area contributed by atoms with Crippen molar-refractivity contribution >= 4 is 5.91 Å². The number of nitrogens with two attached hydrogens (primary N) is 1. The maximum absolute atomic E-state index is 10.8. The van der Waals surface area contributed by atoms with Gasteiger partial charge in [0, 0.05) is 0 Å². The summed E-state index contributed by atoms with van der Waals surface area (Å²) in [5.74, 6) is -0.212. The van der Waals surface area contributed by atoms with E-state index in [0.29, 0.717) is 0 Å². The Labute approximate surface area is 67.5 Å². The second-order valence-corrected chi connectivity index (χ2v) is 2.91. The molecule has 63 valence electrons. The molecule has 0 aromatic carbocycles. The SMILES string of the molecule is CCCN1CC[CH][C@@H]1C(N)=O. The van der Waals surface area contributed by atoms with E-state index in [1.54, 1.807) is 0 Å². The van der Waals surface area contributed by atoms with Crippen molar-refractivity contribution in [2.24, 2.45) is 5.73 Å². The molecule has 0 spiro atoms. The van der Waals surface area contributed by atoms with E-state index in [1.165, 1.54) is 0 Å². The van der Waals surface area contributed by atoms with Gasteiger partial charge in [0.2, 0.25) is 5.91 Å². The number of carbonyl (C=O) groups excluding carboxylic acids is 1. The van der Waals surface area contributed by atoms with Crippen molar-refractivity contribution in [1.29, 1.82) is 0 Å². The fourth-order valence-electron chi connectivity index (χ4n) is 1.52. The summed E-state index contributed by atoms with van der Waals surface area (Å²) < 4.78 is 0. The van der Waals surface area contributed by atoms with Crippen LogP contribution in [0.15, 0.2) is 0 Å². The smallest absolute Gasteiger partial charge is 0.235 e. The molecule has 1 fully saturated rings. The molecule has 0 aromatic rings. The van der Waals surface area contributed by atoms with E-state index in [2.05, 4.69) is 11.8 Å². The standard InChI is InChI=1S/C8H15N2O/c1-2-5-10-6-3-4-7(10)8(9)11/h4,7H,2-3,5-6H2,1H3,(H2,9,11)/t7-/m1/s1. The van der Waals surface area contributed by atoms with Crippen LogP contribution in [-0.2, 0) is 4.79 Å². The largest absolute Gasteiger partial charge is 0.368 e. The van der Waals surface area contributed by atoms with Crippen molar-refractivity contribution in [1.82, 2.24) is 4.90 Å². The van der Waals surface area contributed by atoms with E-state index in [-0.39, 0.29) is 11.9 Å². The van der Waals surface area contributed by atoms with Gasteiger partial charge in [-0.1, -0.05) is 6.92 Å². The highest BCUT2D eigenvalue weighted by Gasteiger charge is 2.27. The van der Waals surface area contributed by atoms with E-state index in [0.717, 1.165) is 25.9 Å². The molecular formula is C8H15N2O. The van der Waals surface area contributed by atoms with Gasteiger partial charge in [-0.05, 0) is 32.4 Å². The zero-order chi connectivity index (χ0) is 8.27. The molecule has 11 heavy (non-hydrogen) atoms. The van der Waals surface area contributed by atoms with Crippen molar-refractivity contribution in [3.05, 3.63) is 6.42 Å². The van der Waals surface area contributed by atoms with Crippen molar-refractivity contribution in [3.8, 4) is 0 Å². The lowest BCUT2D eigenvalue weighted by atomic mass is 10.2. The second kappa shape index (κ2) is 3.72. The minimum Gasteiger partial charge on any atom is -0.368 e. The van der Waals surface area contributed by atoms with Gasteiger partial charge in [0.15, 0.2) is 0 Å². The first-order valence-electron chi connectivity index (χ1n) is 4.12. The maximum Gasteiger partial charge on any atom is 0.235 e. The number of amides is 1. The van der Waals surface area contributed by atoms with Crippen LogP contribution < -0.4 is 5.73 Å². The van der Waals surface area contributed by atoms with Crippen LogP contribution in [0.2, 0.25) is 0 Å². The Morgan fingerprint density at radius 3 is 3.09 bits per heavy atom. The lowest BCUT2D eigenvalue weighted by molar-refractivity contribution is -0.121. The van der Waals surface area contributed by atoms with E-state index in [4.69, 9.17) is 5.73 Å². The van der Waals surface area contributed by atoms with Crippen LogP contribution in [0.1, 0.15) is 19.8 Å². The fourth-order valence-corrected chi connectivity index (χ4v) is 1.52. The van der Waals surface area contributed by atoms with Gasteiger partial charge in [0.1, 0.15) is 0 Å². The van der Waals surface area contributed by atoms with Crippen LogP contribution in [0.25, 0.3) is 0 Å². The first-order valence-corrected chi connectivity index (χ1v) is 4.12. The molecule has 1 radical (unpaired) electrons. The van der Waals surface area contributed by atoms with Crippen molar-refractivity contribution in [2.75, 3.05) is 13.1 Å². The quantitative estimate of drug-likeness (QED) is 0.631. The Morgan fingerprint density at radius 1 is 1.82 bits per heavy atom. The van der Waals surface area contributed by atoms with Crippen LogP contribution in [0.5, 0.6) is 0 Å². The van der Waals surface area contributed by atoms with Gasteiger partial charge in [0.25, 0.3) is 0 Å². The summed E-state index contributed by atoms with van der Waals surface area (Å²) >= 11 is 0. The Kier molecular flexibility index (Phi) is 2.88. The highest BCUT2D eigenvalue weighted by Crippen LogP contribution is 2.15. The number of primary amides is 1. The molecule has 1 aliphatic heterocycles. The van der Waals surface area contributed by atoms with Gasteiger partial charge in [0.05, 0.1) is 6.04 Å². The molecule has 1 heterocycles. The normalized spacial score (nSPS) is 25.7. The average molecular weight is 155 g/mol. The molecule has 0 aliphatic carbocycles. The summed E-state index contributed by atoms with van der Waals surface area (Å²) in [5, 5.41) is 0. The Balaban J connectivity index is 2.44. The second-order valence-electron chi connectivity index (χ2n) is 2.91. The number of likely N-dealkylation sites (tertiary alicyclic amines) is 1. The van der Waals surface area contributed by atoms with Gasteiger partial charge in [-0.2, -0.15) is 0 Å². The predicted molar refractivity (Wildman–Crippen MR) is 43.8 cm³/mol. The molecule has 1 aliphatic rings. The van der Waals surface area contributed by atoms with Gasteiger partial charge in [-0.3, -0.25) is 9.69 Å². The third kappa shape index (κ3) is 1.93. The van der Waals surface area contributed by atoms with Crippen molar-refractivity contribution in [3.63, 3.8) is 0 Å². The van der Waals surface area contributed by atoms with E-state index < -0.39 is 0 Å². The predicted octanol–water partition coefficient (Wildman–Crippen LogP) is 0.160. The molecule has 1 saturated heterocycles.